The highest BCUT2D eigenvalue weighted by Gasteiger charge is 2.34. The molecule has 102 valence electrons. The number of pyridine rings is 2. The van der Waals surface area contributed by atoms with E-state index in [2.05, 4.69) is 22.2 Å². The summed E-state index contributed by atoms with van der Waals surface area (Å²) in [4.78, 5) is 30.6. The lowest BCUT2D eigenvalue weighted by atomic mass is 10.1. The van der Waals surface area contributed by atoms with Gasteiger partial charge in [0.05, 0.1) is 0 Å². The van der Waals surface area contributed by atoms with Crippen LogP contribution in [0.15, 0.2) is 41.5 Å². The molecule has 5 heteroatoms. The molecule has 0 aliphatic heterocycles. The van der Waals surface area contributed by atoms with E-state index in [1.807, 2.05) is 0 Å². The minimum absolute atomic E-state index is 0.155. The molecule has 2 aromatic heterocycles. The van der Waals surface area contributed by atoms with E-state index in [1.165, 1.54) is 0 Å². The fraction of sp³-hybridized carbons (Fsp3) is 0.267. The minimum Gasteiger partial charge on any atom is -0.349 e. The van der Waals surface area contributed by atoms with Crippen molar-refractivity contribution < 1.29 is 4.79 Å². The van der Waals surface area contributed by atoms with Gasteiger partial charge < -0.3 is 10.3 Å². The Bertz CT molecular complexity index is 694. The highest BCUT2D eigenvalue weighted by atomic mass is 16.2. The molecule has 2 unspecified atom stereocenters. The molecule has 1 saturated carbocycles. The van der Waals surface area contributed by atoms with Crippen LogP contribution >= 0.6 is 0 Å². The Kier molecular flexibility index (Phi) is 3.10. The number of rotatable bonds is 3. The highest BCUT2D eigenvalue weighted by Crippen LogP contribution is 2.29. The van der Waals surface area contributed by atoms with Crippen molar-refractivity contribution in [2.75, 3.05) is 0 Å². The van der Waals surface area contributed by atoms with Gasteiger partial charge in [-0.05, 0) is 36.6 Å². The van der Waals surface area contributed by atoms with Gasteiger partial charge >= 0.3 is 0 Å². The lowest BCUT2D eigenvalue weighted by molar-refractivity contribution is 0.0948. The van der Waals surface area contributed by atoms with Crippen LogP contribution in [-0.4, -0.2) is 21.9 Å². The predicted octanol–water partition coefficient (Wildman–Crippen LogP) is 1.58. The van der Waals surface area contributed by atoms with Crippen molar-refractivity contribution in [3.63, 3.8) is 0 Å². The van der Waals surface area contributed by atoms with Crippen LogP contribution in [0.4, 0.5) is 0 Å². The number of nitrogens with zero attached hydrogens (tertiary/aromatic N) is 1. The van der Waals surface area contributed by atoms with Crippen molar-refractivity contribution >= 4 is 5.91 Å². The first-order valence-electron chi connectivity index (χ1n) is 6.60. The molecule has 2 aromatic rings. The minimum atomic E-state index is -0.370. The van der Waals surface area contributed by atoms with Gasteiger partial charge in [-0.15, -0.1) is 0 Å². The Morgan fingerprint density at radius 2 is 2.00 bits per heavy atom. The molecular formula is C15H15N3O2. The standard InChI is InChI=1S/C15H15N3O2/c1-9-8-13(9)18-15(20)11-2-3-12(17-14(11)19)10-4-6-16-7-5-10/h2-7,9,13H,8H2,1H3,(H,17,19)(H,18,20). The summed E-state index contributed by atoms with van der Waals surface area (Å²) in [6.07, 6.45) is 4.30. The summed E-state index contributed by atoms with van der Waals surface area (Å²) in [6.45, 7) is 2.07. The van der Waals surface area contributed by atoms with E-state index in [4.69, 9.17) is 0 Å². The zero-order valence-corrected chi connectivity index (χ0v) is 11.1. The van der Waals surface area contributed by atoms with Crippen LogP contribution in [0.5, 0.6) is 0 Å². The second-order valence-corrected chi connectivity index (χ2v) is 5.14. The van der Waals surface area contributed by atoms with Crippen molar-refractivity contribution in [3.05, 3.63) is 52.6 Å². The Morgan fingerprint density at radius 3 is 2.60 bits per heavy atom. The van der Waals surface area contributed by atoms with E-state index < -0.39 is 0 Å². The first kappa shape index (κ1) is 12.6. The van der Waals surface area contributed by atoms with Crippen molar-refractivity contribution in [2.45, 2.75) is 19.4 Å². The van der Waals surface area contributed by atoms with E-state index in [0.717, 1.165) is 12.0 Å². The van der Waals surface area contributed by atoms with Crippen LogP contribution in [-0.2, 0) is 0 Å². The maximum absolute atomic E-state index is 12.0. The van der Waals surface area contributed by atoms with Crippen molar-refractivity contribution in [2.24, 2.45) is 5.92 Å². The van der Waals surface area contributed by atoms with Gasteiger partial charge in [0.15, 0.2) is 0 Å². The molecule has 1 aliphatic carbocycles. The Labute approximate surface area is 116 Å². The maximum atomic E-state index is 12.0. The van der Waals surface area contributed by atoms with Gasteiger partial charge in [-0.1, -0.05) is 6.92 Å². The molecule has 20 heavy (non-hydrogen) atoms. The van der Waals surface area contributed by atoms with E-state index in [0.29, 0.717) is 11.6 Å². The van der Waals surface area contributed by atoms with Gasteiger partial charge in [0.1, 0.15) is 5.56 Å². The molecule has 0 spiro atoms. The summed E-state index contributed by atoms with van der Waals surface area (Å²) in [7, 11) is 0. The number of hydrogen-bond acceptors (Lipinski definition) is 3. The largest absolute Gasteiger partial charge is 0.349 e. The third-order valence-corrected chi connectivity index (χ3v) is 3.57. The molecule has 0 bridgehead atoms. The normalized spacial score (nSPS) is 20.4. The van der Waals surface area contributed by atoms with Crippen LogP contribution in [0, 0.1) is 5.92 Å². The Hall–Kier alpha value is -2.43. The summed E-state index contributed by atoms with van der Waals surface area (Å²) in [5.74, 6) is 0.205. The van der Waals surface area contributed by atoms with Crippen LogP contribution in [0.3, 0.4) is 0 Å². The zero-order valence-electron chi connectivity index (χ0n) is 11.1. The van der Waals surface area contributed by atoms with E-state index in [9.17, 15) is 9.59 Å². The zero-order chi connectivity index (χ0) is 14.1. The fourth-order valence-corrected chi connectivity index (χ4v) is 2.12. The van der Waals surface area contributed by atoms with Gasteiger partial charge in [-0.3, -0.25) is 14.6 Å². The van der Waals surface area contributed by atoms with Gasteiger partial charge in [-0.2, -0.15) is 0 Å². The summed E-state index contributed by atoms with van der Waals surface area (Å²) in [6, 6.07) is 7.12. The van der Waals surface area contributed by atoms with Crippen LogP contribution < -0.4 is 10.9 Å². The number of aromatic amines is 1. The van der Waals surface area contributed by atoms with E-state index >= 15 is 0 Å². The van der Waals surface area contributed by atoms with Crippen molar-refractivity contribution in [1.29, 1.82) is 0 Å². The second kappa shape index (κ2) is 4.92. The SMILES string of the molecule is CC1CC1NC(=O)c1ccc(-c2ccncc2)[nH]c1=O. The molecule has 0 radical (unpaired) electrons. The molecule has 2 heterocycles. The average molecular weight is 269 g/mol. The van der Waals surface area contributed by atoms with Gasteiger partial charge in [0.2, 0.25) is 0 Å². The molecule has 1 aliphatic rings. The van der Waals surface area contributed by atoms with Crippen molar-refractivity contribution in [1.82, 2.24) is 15.3 Å². The average Bonchev–Trinajstić information content (AvgIpc) is 3.14. The highest BCUT2D eigenvalue weighted by molar-refractivity contribution is 5.94. The molecule has 2 atom stereocenters. The number of H-pyrrole nitrogens is 1. The van der Waals surface area contributed by atoms with Crippen LogP contribution in [0.25, 0.3) is 11.3 Å². The van der Waals surface area contributed by atoms with Crippen LogP contribution in [0.1, 0.15) is 23.7 Å². The summed E-state index contributed by atoms with van der Waals surface area (Å²) in [5.41, 5.74) is 1.32. The number of carbonyl (C=O) groups is 1. The summed E-state index contributed by atoms with van der Waals surface area (Å²) < 4.78 is 0. The molecule has 2 N–H and O–H groups in total. The molecule has 0 saturated heterocycles. The second-order valence-electron chi connectivity index (χ2n) is 5.14. The summed E-state index contributed by atoms with van der Waals surface area (Å²) >= 11 is 0. The van der Waals surface area contributed by atoms with Gasteiger partial charge in [0, 0.05) is 29.7 Å². The number of hydrogen-bond donors (Lipinski definition) is 2. The number of amides is 1. The summed E-state index contributed by atoms with van der Waals surface area (Å²) in [5, 5.41) is 2.85. The van der Waals surface area contributed by atoms with E-state index in [1.54, 1.807) is 36.7 Å². The molecule has 3 rings (SSSR count). The smallest absolute Gasteiger partial charge is 0.261 e. The number of aromatic nitrogens is 2. The lowest BCUT2D eigenvalue weighted by Crippen LogP contribution is -2.31. The molecular weight excluding hydrogens is 254 g/mol. The van der Waals surface area contributed by atoms with Gasteiger partial charge in [0.25, 0.3) is 11.5 Å². The third kappa shape index (κ3) is 2.47. The van der Waals surface area contributed by atoms with E-state index in [-0.39, 0.29) is 23.1 Å². The monoisotopic (exact) mass is 269 g/mol. The third-order valence-electron chi connectivity index (χ3n) is 3.57. The lowest BCUT2D eigenvalue weighted by Gasteiger charge is -2.05. The Balaban J connectivity index is 1.84. The van der Waals surface area contributed by atoms with Gasteiger partial charge in [-0.25, -0.2) is 0 Å². The Morgan fingerprint density at radius 1 is 1.30 bits per heavy atom. The first-order valence-corrected chi connectivity index (χ1v) is 6.60. The molecule has 1 amide bonds. The number of nitrogens with one attached hydrogen (secondary N) is 2. The molecule has 5 nitrogen and oxygen atoms in total. The topological polar surface area (TPSA) is 74.8 Å². The van der Waals surface area contributed by atoms with Crippen molar-refractivity contribution in [3.8, 4) is 11.3 Å². The molecule has 1 fully saturated rings. The quantitative estimate of drug-likeness (QED) is 0.888. The fourth-order valence-electron chi connectivity index (χ4n) is 2.12. The first-order chi connectivity index (χ1) is 9.65. The van der Waals surface area contributed by atoms with Crippen LogP contribution in [0.2, 0.25) is 0 Å². The predicted molar refractivity (Wildman–Crippen MR) is 75.3 cm³/mol. The molecule has 0 aromatic carbocycles. The maximum Gasteiger partial charge on any atom is 0.261 e. The number of carbonyl (C=O) groups excluding carboxylic acids is 1.